The van der Waals surface area contributed by atoms with Crippen molar-refractivity contribution in [2.75, 3.05) is 6.54 Å². The lowest BCUT2D eigenvalue weighted by Crippen LogP contribution is -2.58. The van der Waals surface area contributed by atoms with Crippen LogP contribution in [0.4, 0.5) is 0 Å². The highest BCUT2D eigenvalue weighted by molar-refractivity contribution is 5.94. The number of hydrogen-bond donors (Lipinski definition) is 10. The number of primary amides is 1. The van der Waals surface area contributed by atoms with E-state index < -0.39 is 53.8 Å². The van der Waals surface area contributed by atoms with E-state index in [4.69, 9.17) is 22.9 Å². The lowest BCUT2D eigenvalue weighted by Gasteiger charge is -2.25. The summed E-state index contributed by atoms with van der Waals surface area (Å²) in [6.07, 6.45) is 2.55. The second-order valence-electron chi connectivity index (χ2n) is 9.73. The summed E-state index contributed by atoms with van der Waals surface area (Å²) in [5.74, 6) is -4.50. The summed E-state index contributed by atoms with van der Waals surface area (Å²) >= 11 is 0. The number of carboxylic acids is 1. The number of aliphatic carboxylic acids is 1. The summed E-state index contributed by atoms with van der Waals surface area (Å²) in [5, 5.41) is 26.5. The molecule has 234 valence electrons. The quantitative estimate of drug-likeness (QED) is 0.0468. The Balaban J connectivity index is 2.17. The molecule has 0 fully saturated rings. The van der Waals surface area contributed by atoms with E-state index in [9.17, 15) is 34.2 Å². The van der Waals surface area contributed by atoms with Crippen LogP contribution in [0.15, 0.2) is 41.8 Å². The number of carbonyl (C=O) groups is 5. The van der Waals surface area contributed by atoms with Gasteiger partial charge in [-0.1, -0.05) is 12.1 Å². The third-order valence-electron chi connectivity index (χ3n) is 6.21. The minimum absolute atomic E-state index is 0.00120. The molecule has 0 spiro atoms. The number of carboxylic acid groups (broad SMARTS) is 1. The number of aromatic nitrogens is 2. The molecule has 4 amide bonds. The van der Waals surface area contributed by atoms with Crippen LogP contribution in [0.25, 0.3) is 0 Å². The fraction of sp³-hybridized carbons (Fsp3) is 0.423. The minimum atomic E-state index is -1.31. The number of aliphatic imine (C=N–C) groups is 1. The standard InChI is InChI=1S/C26H38N10O7/c27-17(10-14-3-5-16(37)6-4-14)22(39)34-18(7-8-21(28)38)23(40)36-20(11-15-12-31-13-33-15)24(41)35-19(25(42)43)2-1-9-32-26(29)30/h3-6,12-13,17-20,37H,1-2,7-11,27H2,(H2,28,38)(H,31,33)(H,34,39)(H,35,41)(H,36,40)(H,42,43)(H4,29,30,32). The monoisotopic (exact) mass is 602 g/mol. The summed E-state index contributed by atoms with van der Waals surface area (Å²) < 4.78 is 0. The molecule has 43 heavy (non-hydrogen) atoms. The van der Waals surface area contributed by atoms with Gasteiger partial charge in [0.1, 0.15) is 23.9 Å². The number of nitrogens with zero attached hydrogens (tertiary/aromatic N) is 2. The van der Waals surface area contributed by atoms with E-state index in [1.807, 2.05) is 0 Å². The van der Waals surface area contributed by atoms with Gasteiger partial charge in [0, 0.05) is 31.3 Å². The van der Waals surface area contributed by atoms with Crippen molar-refractivity contribution in [1.29, 1.82) is 0 Å². The van der Waals surface area contributed by atoms with E-state index in [1.165, 1.54) is 24.7 Å². The van der Waals surface area contributed by atoms with Crippen LogP contribution in [-0.2, 0) is 36.8 Å². The van der Waals surface area contributed by atoms with Crippen LogP contribution in [0.5, 0.6) is 5.75 Å². The maximum atomic E-state index is 13.3. The third kappa shape index (κ3) is 12.5. The number of hydrogen-bond acceptors (Lipinski definition) is 9. The SMILES string of the molecule is NC(=O)CCC(NC(=O)C(N)Cc1ccc(O)cc1)C(=O)NC(Cc1cnc[nH]1)C(=O)NC(CCCN=C(N)N)C(=O)O. The molecule has 1 aromatic carbocycles. The van der Waals surface area contributed by atoms with Crippen molar-refractivity contribution < 1.29 is 34.2 Å². The Labute approximate surface area is 246 Å². The van der Waals surface area contributed by atoms with Gasteiger partial charge in [-0.2, -0.15) is 0 Å². The van der Waals surface area contributed by atoms with Gasteiger partial charge < -0.3 is 54.1 Å². The number of rotatable bonds is 18. The minimum Gasteiger partial charge on any atom is -0.508 e. The zero-order valence-electron chi connectivity index (χ0n) is 23.4. The molecule has 0 saturated carbocycles. The molecule has 1 aromatic heterocycles. The molecule has 1 heterocycles. The van der Waals surface area contributed by atoms with Gasteiger partial charge in [-0.15, -0.1) is 0 Å². The number of nitrogens with one attached hydrogen (secondary N) is 4. The number of carbonyl (C=O) groups excluding carboxylic acids is 4. The first kappa shape index (κ1) is 34.0. The Hall–Kier alpha value is -5.19. The van der Waals surface area contributed by atoms with Gasteiger partial charge in [-0.25, -0.2) is 9.78 Å². The van der Waals surface area contributed by atoms with Crippen molar-refractivity contribution in [3.05, 3.63) is 48.0 Å². The number of phenols is 1. The lowest BCUT2D eigenvalue weighted by molar-refractivity contribution is -0.142. The molecule has 0 aliphatic heterocycles. The number of amides is 4. The fourth-order valence-electron chi connectivity index (χ4n) is 3.94. The van der Waals surface area contributed by atoms with E-state index in [1.54, 1.807) is 12.1 Å². The largest absolute Gasteiger partial charge is 0.508 e. The molecule has 0 aliphatic carbocycles. The molecule has 0 bridgehead atoms. The van der Waals surface area contributed by atoms with Crippen molar-refractivity contribution in [1.82, 2.24) is 25.9 Å². The van der Waals surface area contributed by atoms with Gasteiger partial charge >= 0.3 is 5.97 Å². The fourth-order valence-corrected chi connectivity index (χ4v) is 3.94. The number of guanidine groups is 1. The van der Waals surface area contributed by atoms with Crippen LogP contribution in [0, 0.1) is 0 Å². The Morgan fingerprint density at radius 1 is 0.884 bits per heavy atom. The summed E-state index contributed by atoms with van der Waals surface area (Å²) in [5.41, 5.74) is 22.9. The van der Waals surface area contributed by atoms with E-state index in [0.717, 1.165) is 0 Å². The topological polar surface area (TPSA) is 307 Å². The maximum absolute atomic E-state index is 13.3. The average molecular weight is 603 g/mol. The van der Waals surface area contributed by atoms with Gasteiger partial charge in [-0.05, 0) is 43.4 Å². The number of nitrogens with two attached hydrogens (primary N) is 4. The van der Waals surface area contributed by atoms with Crippen molar-refractivity contribution in [3.63, 3.8) is 0 Å². The highest BCUT2D eigenvalue weighted by Crippen LogP contribution is 2.11. The average Bonchev–Trinajstić information content (AvgIpc) is 3.46. The predicted octanol–water partition coefficient (Wildman–Crippen LogP) is -2.91. The summed E-state index contributed by atoms with van der Waals surface area (Å²) in [7, 11) is 0. The zero-order chi connectivity index (χ0) is 31.9. The van der Waals surface area contributed by atoms with Crippen LogP contribution in [0.1, 0.15) is 36.9 Å². The second-order valence-corrected chi connectivity index (χ2v) is 9.73. The highest BCUT2D eigenvalue weighted by atomic mass is 16.4. The van der Waals surface area contributed by atoms with Crippen molar-refractivity contribution in [2.24, 2.45) is 27.9 Å². The smallest absolute Gasteiger partial charge is 0.326 e. The number of aromatic hydroxyl groups is 1. The molecule has 2 rings (SSSR count). The number of benzene rings is 1. The van der Waals surface area contributed by atoms with Gasteiger partial charge in [0.25, 0.3) is 0 Å². The second kappa shape index (κ2) is 16.9. The number of phenolic OH excluding ortho intramolecular Hbond substituents is 1. The van der Waals surface area contributed by atoms with Gasteiger partial charge in [0.15, 0.2) is 5.96 Å². The predicted molar refractivity (Wildman–Crippen MR) is 154 cm³/mol. The number of imidazole rings is 1. The molecule has 17 nitrogen and oxygen atoms in total. The molecule has 2 aromatic rings. The van der Waals surface area contributed by atoms with E-state index in [-0.39, 0.29) is 56.8 Å². The first-order valence-corrected chi connectivity index (χ1v) is 13.3. The summed E-state index contributed by atoms with van der Waals surface area (Å²) in [6.45, 7) is 0.145. The first-order chi connectivity index (χ1) is 20.3. The molecule has 17 heteroatoms. The third-order valence-corrected chi connectivity index (χ3v) is 6.21. The molecule has 0 aliphatic rings. The molecule has 4 atom stereocenters. The number of aromatic amines is 1. The van der Waals surface area contributed by atoms with Crippen LogP contribution >= 0.6 is 0 Å². The lowest BCUT2D eigenvalue weighted by atomic mass is 10.0. The Kier molecular flexibility index (Phi) is 13.4. The Morgan fingerprint density at radius 3 is 2.09 bits per heavy atom. The number of H-pyrrole nitrogens is 1. The Morgan fingerprint density at radius 2 is 1.51 bits per heavy atom. The van der Waals surface area contributed by atoms with E-state index in [2.05, 4.69) is 30.9 Å². The Bertz CT molecular complexity index is 1260. The summed E-state index contributed by atoms with van der Waals surface area (Å²) in [4.78, 5) is 73.2. The van der Waals surface area contributed by atoms with Crippen LogP contribution in [0.2, 0.25) is 0 Å². The molecular formula is C26H38N10O7. The molecule has 0 radical (unpaired) electrons. The van der Waals surface area contributed by atoms with E-state index >= 15 is 0 Å². The van der Waals surface area contributed by atoms with Crippen molar-refractivity contribution in [3.8, 4) is 5.75 Å². The zero-order valence-corrected chi connectivity index (χ0v) is 23.4. The molecule has 14 N–H and O–H groups in total. The van der Waals surface area contributed by atoms with Gasteiger partial charge in [0.05, 0.1) is 12.4 Å². The van der Waals surface area contributed by atoms with Gasteiger partial charge in [0.2, 0.25) is 23.6 Å². The van der Waals surface area contributed by atoms with Crippen LogP contribution in [-0.4, -0.2) is 86.5 Å². The van der Waals surface area contributed by atoms with Gasteiger partial charge in [-0.3, -0.25) is 24.2 Å². The van der Waals surface area contributed by atoms with Crippen LogP contribution in [0.3, 0.4) is 0 Å². The molecule has 0 saturated heterocycles. The molecular weight excluding hydrogens is 564 g/mol. The van der Waals surface area contributed by atoms with Crippen molar-refractivity contribution in [2.45, 2.75) is 62.7 Å². The first-order valence-electron chi connectivity index (χ1n) is 13.3. The summed E-state index contributed by atoms with van der Waals surface area (Å²) in [6, 6.07) is 1.04. The van der Waals surface area contributed by atoms with E-state index in [0.29, 0.717) is 11.3 Å². The molecule has 4 unspecified atom stereocenters. The normalized spacial score (nSPS) is 13.5. The van der Waals surface area contributed by atoms with Crippen molar-refractivity contribution >= 4 is 35.6 Å². The highest BCUT2D eigenvalue weighted by Gasteiger charge is 2.31. The van der Waals surface area contributed by atoms with Crippen LogP contribution < -0.4 is 38.9 Å². The maximum Gasteiger partial charge on any atom is 0.326 e.